The first kappa shape index (κ1) is 12.7. The first-order valence-electron chi connectivity index (χ1n) is 6.44. The van der Waals surface area contributed by atoms with E-state index >= 15 is 0 Å². The zero-order valence-corrected chi connectivity index (χ0v) is 12.0. The second kappa shape index (κ2) is 4.89. The molecule has 18 heavy (non-hydrogen) atoms. The lowest BCUT2D eigenvalue weighted by Gasteiger charge is -2.21. The monoisotopic (exact) mass is 242 g/mol. The summed E-state index contributed by atoms with van der Waals surface area (Å²) in [7, 11) is 1.99. The van der Waals surface area contributed by atoms with Gasteiger partial charge in [0.1, 0.15) is 0 Å². The first-order valence-corrected chi connectivity index (χ1v) is 6.44. The van der Waals surface area contributed by atoms with Gasteiger partial charge in [0, 0.05) is 29.7 Å². The predicted molar refractivity (Wildman–Crippen MR) is 79.5 cm³/mol. The number of anilines is 1. The zero-order chi connectivity index (χ0) is 13.3. The minimum absolute atomic E-state index is 0.961. The van der Waals surface area contributed by atoms with Gasteiger partial charge >= 0.3 is 0 Å². The van der Waals surface area contributed by atoms with Crippen LogP contribution in [0, 0.1) is 0 Å². The van der Waals surface area contributed by atoms with E-state index < -0.39 is 0 Å². The van der Waals surface area contributed by atoms with Crippen LogP contribution in [-0.4, -0.2) is 13.6 Å². The van der Waals surface area contributed by atoms with E-state index in [9.17, 15) is 0 Å². The largest absolute Gasteiger partial charge is 0.391 e. The van der Waals surface area contributed by atoms with E-state index in [1.165, 1.54) is 33.8 Å². The van der Waals surface area contributed by atoms with Crippen LogP contribution in [0.25, 0.3) is 5.57 Å². The highest BCUT2D eigenvalue weighted by molar-refractivity contribution is 5.88. The van der Waals surface area contributed by atoms with Gasteiger partial charge in [0.25, 0.3) is 0 Å². The third-order valence-corrected chi connectivity index (χ3v) is 3.79. The lowest BCUT2D eigenvalue weighted by molar-refractivity contribution is 0.970. The summed E-state index contributed by atoms with van der Waals surface area (Å²) < 4.78 is 0. The topological polar surface area (TPSA) is 15.3 Å². The van der Waals surface area contributed by atoms with Gasteiger partial charge in [0.2, 0.25) is 0 Å². The molecule has 0 fully saturated rings. The van der Waals surface area contributed by atoms with Gasteiger partial charge in [-0.2, -0.15) is 0 Å². The summed E-state index contributed by atoms with van der Waals surface area (Å²) in [5.74, 6) is 0. The SMILES string of the molecule is CN/C(C)=C1\CN(C(C)=C(C)C)c2ccccc21. The van der Waals surface area contributed by atoms with Crippen LogP contribution < -0.4 is 10.2 Å². The van der Waals surface area contributed by atoms with Crippen LogP contribution in [0.4, 0.5) is 5.69 Å². The fourth-order valence-corrected chi connectivity index (χ4v) is 2.33. The van der Waals surface area contributed by atoms with E-state index in [1.54, 1.807) is 0 Å². The van der Waals surface area contributed by atoms with E-state index in [2.05, 4.69) is 62.2 Å². The van der Waals surface area contributed by atoms with Crippen molar-refractivity contribution in [1.29, 1.82) is 0 Å². The Labute approximate surface area is 110 Å². The Morgan fingerprint density at radius 3 is 2.39 bits per heavy atom. The maximum Gasteiger partial charge on any atom is 0.0502 e. The van der Waals surface area contributed by atoms with Gasteiger partial charge in [-0.15, -0.1) is 0 Å². The first-order chi connectivity index (χ1) is 8.56. The van der Waals surface area contributed by atoms with E-state index in [4.69, 9.17) is 0 Å². The molecule has 1 aliphatic heterocycles. The number of benzene rings is 1. The lowest BCUT2D eigenvalue weighted by Crippen LogP contribution is -2.19. The average molecular weight is 242 g/mol. The molecule has 0 saturated heterocycles. The number of para-hydroxylation sites is 1. The van der Waals surface area contributed by atoms with Crippen molar-refractivity contribution in [1.82, 2.24) is 5.32 Å². The van der Waals surface area contributed by atoms with Crippen molar-refractivity contribution in [3.05, 3.63) is 46.8 Å². The molecule has 0 bridgehead atoms. The molecule has 1 aliphatic rings. The molecule has 0 unspecified atom stereocenters. The second-order valence-electron chi connectivity index (χ2n) is 5.04. The minimum Gasteiger partial charge on any atom is -0.391 e. The van der Waals surface area contributed by atoms with Crippen LogP contribution in [0.5, 0.6) is 0 Å². The number of hydrogen-bond acceptors (Lipinski definition) is 2. The molecule has 1 aromatic carbocycles. The van der Waals surface area contributed by atoms with Crippen molar-refractivity contribution in [2.75, 3.05) is 18.5 Å². The van der Waals surface area contributed by atoms with Gasteiger partial charge in [-0.25, -0.2) is 0 Å². The molecule has 0 aromatic heterocycles. The van der Waals surface area contributed by atoms with Crippen LogP contribution in [0.3, 0.4) is 0 Å². The van der Waals surface area contributed by atoms with Crippen molar-refractivity contribution in [2.24, 2.45) is 0 Å². The molecule has 2 nitrogen and oxygen atoms in total. The van der Waals surface area contributed by atoms with Gasteiger partial charge in [0.15, 0.2) is 0 Å². The molecule has 0 saturated carbocycles. The van der Waals surface area contributed by atoms with Crippen LogP contribution in [-0.2, 0) is 0 Å². The molecule has 2 heteroatoms. The smallest absolute Gasteiger partial charge is 0.0502 e. The Hall–Kier alpha value is -1.70. The molecule has 2 rings (SSSR count). The normalized spacial score (nSPS) is 16.4. The average Bonchev–Trinajstić information content (AvgIpc) is 2.76. The van der Waals surface area contributed by atoms with Gasteiger partial charge in [-0.05, 0) is 39.3 Å². The lowest BCUT2D eigenvalue weighted by atomic mass is 10.1. The molecule has 1 aromatic rings. The third kappa shape index (κ3) is 2.03. The van der Waals surface area contributed by atoms with Gasteiger partial charge < -0.3 is 10.2 Å². The number of nitrogens with one attached hydrogen (secondary N) is 1. The molecule has 1 heterocycles. The van der Waals surface area contributed by atoms with E-state index in [-0.39, 0.29) is 0 Å². The number of hydrogen-bond donors (Lipinski definition) is 1. The number of allylic oxidation sites excluding steroid dienone is 3. The number of rotatable bonds is 2. The van der Waals surface area contributed by atoms with E-state index in [0.29, 0.717) is 0 Å². The molecule has 0 spiro atoms. The Bertz CT molecular complexity index is 520. The Morgan fingerprint density at radius 1 is 1.11 bits per heavy atom. The quantitative estimate of drug-likeness (QED) is 0.849. The summed E-state index contributed by atoms with van der Waals surface area (Å²) in [6, 6.07) is 8.65. The van der Waals surface area contributed by atoms with Crippen molar-refractivity contribution in [3.63, 3.8) is 0 Å². The zero-order valence-electron chi connectivity index (χ0n) is 12.0. The van der Waals surface area contributed by atoms with E-state index in [0.717, 1.165) is 6.54 Å². The molecule has 0 amide bonds. The highest BCUT2D eigenvalue weighted by atomic mass is 15.2. The van der Waals surface area contributed by atoms with Gasteiger partial charge in [0.05, 0.1) is 6.54 Å². The predicted octanol–water partition coefficient (Wildman–Crippen LogP) is 3.77. The number of nitrogens with zero attached hydrogens (tertiary/aromatic N) is 1. The summed E-state index contributed by atoms with van der Waals surface area (Å²) in [5, 5.41) is 3.27. The minimum atomic E-state index is 0.961. The van der Waals surface area contributed by atoms with Crippen molar-refractivity contribution < 1.29 is 0 Å². The van der Waals surface area contributed by atoms with Crippen molar-refractivity contribution in [3.8, 4) is 0 Å². The maximum atomic E-state index is 3.27. The van der Waals surface area contributed by atoms with Crippen LogP contribution in [0.15, 0.2) is 41.2 Å². The van der Waals surface area contributed by atoms with Crippen LogP contribution in [0.1, 0.15) is 33.3 Å². The summed E-state index contributed by atoms with van der Waals surface area (Å²) in [5.41, 5.74) is 8.04. The standard InChI is InChI=1S/C16H22N2/c1-11(2)13(4)18-10-15(12(3)17-5)14-8-6-7-9-16(14)18/h6-9,17H,10H2,1-5H3/b15-12+. The summed E-state index contributed by atoms with van der Waals surface area (Å²) >= 11 is 0. The van der Waals surface area contributed by atoms with E-state index in [1.807, 2.05) is 7.05 Å². The van der Waals surface area contributed by atoms with Crippen molar-refractivity contribution >= 4 is 11.3 Å². The Kier molecular flexibility index (Phi) is 3.46. The molecule has 0 radical (unpaired) electrons. The van der Waals surface area contributed by atoms with Crippen molar-refractivity contribution in [2.45, 2.75) is 27.7 Å². The van der Waals surface area contributed by atoms with Crippen LogP contribution >= 0.6 is 0 Å². The fraction of sp³-hybridized carbons (Fsp3) is 0.375. The second-order valence-corrected chi connectivity index (χ2v) is 5.04. The summed E-state index contributed by atoms with van der Waals surface area (Å²) in [4.78, 5) is 2.40. The maximum absolute atomic E-state index is 3.27. The molecular weight excluding hydrogens is 220 g/mol. The highest BCUT2D eigenvalue weighted by Crippen LogP contribution is 2.39. The summed E-state index contributed by atoms with van der Waals surface area (Å²) in [6.07, 6.45) is 0. The Morgan fingerprint density at radius 2 is 1.78 bits per heavy atom. The molecule has 1 N–H and O–H groups in total. The molecule has 0 aliphatic carbocycles. The van der Waals surface area contributed by atoms with Gasteiger partial charge in [-0.3, -0.25) is 0 Å². The summed E-state index contributed by atoms with van der Waals surface area (Å²) in [6.45, 7) is 9.65. The molecular formula is C16H22N2. The molecule has 96 valence electrons. The third-order valence-electron chi connectivity index (χ3n) is 3.79. The fourth-order valence-electron chi connectivity index (χ4n) is 2.33. The van der Waals surface area contributed by atoms with Gasteiger partial charge in [-0.1, -0.05) is 23.8 Å². The number of fused-ring (bicyclic) bond motifs is 1. The Balaban J connectivity index is 2.56. The highest BCUT2D eigenvalue weighted by Gasteiger charge is 2.25. The molecule has 0 atom stereocenters. The van der Waals surface area contributed by atoms with Crippen LogP contribution in [0.2, 0.25) is 0 Å².